The molecule has 0 radical (unpaired) electrons. The van der Waals surface area contributed by atoms with Crippen molar-refractivity contribution in [2.24, 2.45) is 5.73 Å². The monoisotopic (exact) mass is 365 g/mol. The summed E-state index contributed by atoms with van der Waals surface area (Å²) >= 11 is 5.72. The fourth-order valence-corrected chi connectivity index (χ4v) is 2.43. The van der Waals surface area contributed by atoms with Gasteiger partial charge in [-0.3, -0.25) is 9.59 Å². The summed E-state index contributed by atoms with van der Waals surface area (Å²) in [6.45, 7) is 0.481. The maximum Gasteiger partial charge on any atom is 0.249 e. The lowest BCUT2D eigenvalue weighted by atomic mass is 10.2. The van der Waals surface area contributed by atoms with Gasteiger partial charge in [0.15, 0.2) is 0 Å². The standard InChI is InChI=1S/C14H17ClFN3O3.ClH/c1-22-7-11(17)13(20)18-12-4-5-19(14(12)21)8-2-3-10(16)9(15)6-8;/h2-3,6,11-12H,4-5,7,17H2,1H3,(H,18,20);1H. The number of ether oxygens (including phenoxy) is 1. The number of hydrogen-bond acceptors (Lipinski definition) is 4. The van der Waals surface area contributed by atoms with Crippen LogP contribution in [0, 0.1) is 5.82 Å². The van der Waals surface area contributed by atoms with Crippen molar-refractivity contribution < 1.29 is 18.7 Å². The number of nitrogens with one attached hydrogen (secondary N) is 1. The molecule has 1 aliphatic rings. The van der Waals surface area contributed by atoms with Crippen LogP contribution in [0.4, 0.5) is 10.1 Å². The van der Waals surface area contributed by atoms with Gasteiger partial charge in [-0.05, 0) is 24.6 Å². The number of hydrogen-bond donors (Lipinski definition) is 2. The van der Waals surface area contributed by atoms with E-state index in [0.717, 1.165) is 0 Å². The number of nitrogens with two attached hydrogens (primary N) is 1. The Bertz CT molecular complexity index is 588. The Kier molecular flexibility index (Phi) is 7.21. The van der Waals surface area contributed by atoms with Gasteiger partial charge in [0.25, 0.3) is 0 Å². The molecule has 3 N–H and O–H groups in total. The Morgan fingerprint density at radius 3 is 2.91 bits per heavy atom. The number of benzene rings is 1. The maximum atomic E-state index is 13.2. The van der Waals surface area contributed by atoms with E-state index in [1.807, 2.05) is 0 Å². The Hall–Kier alpha value is -1.41. The van der Waals surface area contributed by atoms with Crippen LogP contribution in [0.1, 0.15) is 6.42 Å². The third-order valence-corrected chi connectivity index (χ3v) is 3.71. The van der Waals surface area contributed by atoms with Gasteiger partial charge >= 0.3 is 0 Å². The first-order valence-electron chi connectivity index (χ1n) is 6.75. The number of rotatable bonds is 5. The van der Waals surface area contributed by atoms with E-state index in [1.165, 1.54) is 30.2 Å². The Labute approximate surface area is 144 Å². The first-order chi connectivity index (χ1) is 10.4. The van der Waals surface area contributed by atoms with E-state index in [-0.39, 0.29) is 29.9 Å². The van der Waals surface area contributed by atoms with E-state index in [0.29, 0.717) is 18.7 Å². The summed E-state index contributed by atoms with van der Waals surface area (Å²) in [5.74, 6) is -1.27. The highest BCUT2D eigenvalue weighted by atomic mass is 35.5. The van der Waals surface area contributed by atoms with Gasteiger partial charge < -0.3 is 20.7 Å². The van der Waals surface area contributed by atoms with Gasteiger partial charge in [-0.1, -0.05) is 11.6 Å². The summed E-state index contributed by atoms with van der Waals surface area (Å²) in [4.78, 5) is 25.6. The summed E-state index contributed by atoms with van der Waals surface area (Å²) in [6, 6.07) is 2.58. The van der Waals surface area contributed by atoms with Gasteiger partial charge in [0.1, 0.15) is 17.9 Å². The predicted octanol–water partition coefficient (Wildman–Crippen LogP) is 1.10. The van der Waals surface area contributed by atoms with Crippen LogP contribution in [0.2, 0.25) is 5.02 Å². The zero-order chi connectivity index (χ0) is 16.3. The topological polar surface area (TPSA) is 84.7 Å². The number of carbonyl (C=O) groups excluding carboxylic acids is 2. The fourth-order valence-electron chi connectivity index (χ4n) is 2.26. The largest absolute Gasteiger partial charge is 0.383 e. The van der Waals surface area contributed by atoms with Crippen LogP contribution in [0.5, 0.6) is 0 Å². The molecule has 1 fully saturated rings. The molecule has 1 heterocycles. The molecule has 0 aliphatic carbocycles. The molecule has 6 nitrogen and oxygen atoms in total. The zero-order valence-corrected chi connectivity index (χ0v) is 14.0. The third kappa shape index (κ3) is 4.54. The Morgan fingerprint density at radius 1 is 1.61 bits per heavy atom. The molecule has 2 rings (SSSR count). The molecule has 2 atom stereocenters. The molecule has 1 aliphatic heterocycles. The van der Waals surface area contributed by atoms with Crippen LogP contribution in [0.25, 0.3) is 0 Å². The molecule has 0 aromatic heterocycles. The molecule has 0 spiro atoms. The summed E-state index contributed by atoms with van der Waals surface area (Å²) < 4.78 is 18.0. The van der Waals surface area contributed by atoms with Gasteiger partial charge in [-0.25, -0.2) is 4.39 Å². The van der Waals surface area contributed by atoms with E-state index in [1.54, 1.807) is 0 Å². The van der Waals surface area contributed by atoms with E-state index in [9.17, 15) is 14.0 Å². The summed E-state index contributed by atoms with van der Waals surface area (Å²) in [5, 5.41) is 2.54. The van der Waals surface area contributed by atoms with Crippen LogP contribution >= 0.6 is 24.0 Å². The number of amides is 2. The molecule has 0 bridgehead atoms. The Balaban J connectivity index is 0.00000264. The second kappa shape index (κ2) is 8.44. The van der Waals surface area contributed by atoms with Crippen molar-refractivity contribution in [3.05, 3.63) is 29.0 Å². The molecule has 2 amide bonds. The first-order valence-corrected chi connectivity index (χ1v) is 7.13. The van der Waals surface area contributed by atoms with Crippen molar-refractivity contribution in [1.29, 1.82) is 0 Å². The van der Waals surface area contributed by atoms with Crippen molar-refractivity contribution >= 4 is 41.5 Å². The predicted molar refractivity (Wildman–Crippen MR) is 87.4 cm³/mol. The van der Waals surface area contributed by atoms with Gasteiger partial charge in [0.2, 0.25) is 11.8 Å². The first kappa shape index (κ1) is 19.6. The lowest BCUT2D eigenvalue weighted by Gasteiger charge is -2.18. The quantitative estimate of drug-likeness (QED) is 0.817. The van der Waals surface area contributed by atoms with Crippen LogP contribution < -0.4 is 16.0 Å². The molecule has 1 saturated heterocycles. The van der Waals surface area contributed by atoms with Crippen molar-refractivity contribution in [1.82, 2.24) is 5.32 Å². The highest BCUT2D eigenvalue weighted by molar-refractivity contribution is 6.31. The lowest BCUT2D eigenvalue weighted by molar-refractivity contribution is -0.128. The average Bonchev–Trinajstić information content (AvgIpc) is 2.83. The van der Waals surface area contributed by atoms with Gasteiger partial charge in [-0.2, -0.15) is 0 Å². The normalized spacial score (nSPS) is 18.5. The summed E-state index contributed by atoms with van der Waals surface area (Å²) in [6.07, 6.45) is 0.444. The smallest absolute Gasteiger partial charge is 0.249 e. The second-order valence-corrected chi connectivity index (χ2v) is 5.41. The highest BCUT2D eigenvalue weighted by Gasteiger charge is 2.34. The maximum absolute atomic E-state index is 13.2. The van der Waals surface area contributed by atoms with E-state index in [2.05, 4.69) is 5.32 Å². The third-order valence-electron chi connectivity index (χ3n) is 3.42. The van der Waals surface area contributed by atoms with Gasteiger partial charge in [-0.15, -0.1) is 12.4 Å². The van der Waals surface area contributed by atoms with Crippen molar-refractivity contribution in [3.63, 3.8) is 0 Å². The highest BCUT2D eigenvalue weighted by Crippen LogP contribution is 2.26. The zero-order valence-electron chi connectivity index (χ0n) is 12.4. The molecular weight excluding hydrogens is 348 g/mol. The van der Waals surface area contributed by atoms with Gasteiger partial charge in [0, 0.05) is 19.3 Å². The number of methoxy groups -OCH3 is 1. The van der Waals surface area contributed by atoms with Crippen molar-refractivity contribution in [2.75, 3.05) is 25.2 Å². The van der Waals surface area contributed by atoms with E-state index >= 15 is 0 Å². The number of nitrogens with zero attached hydrogens (tertiary/aromatic N) is 1. The van der Waals surface area contributed by atoms with Gasteiger partial charge in [0.05, 0.1) is 11.6 Å². The molecule has 128 valence electrons. The molecule has 23 heavy (non-hydrogen) atoms. The van der Waals surface area contributed by atoms with Crippen molar-refractivity contribution in [3.8, 4) is 0 Å². The van der Waals surface area contributed by atoms with E-state index in [4.69, 9.17) is 22.1 Å². The minimum absolute atomic E-state index is 0. The fraction of sp³-hybridized carbons (Fsp3) is 0.429. The molecule has 0 saturated carbocycles. The molecule has 1 aromatic carbocycles. The van der Waals surface area contributed by atoms with Crippen molar-refractivity contribution in [2.45, 2.75) is 18.5 Å². The Morgan fingerprint density at radius 2 is 2.30 bits per heavy atom. The summed E-state index contributed by atoms with van der Waals surface area (Å²) in [7, 11) is 1.44. The number of halogens is 3. The molecule has 1 aromatic rings. The lowest BCUT2D eigenvalue weighted by Crippen LogP contribution is -2.49. The molecule has 9 heteroatoms. The minimum Gasteiger partial charge on any atom is -0.383 e. The van der Waals surface area contributed by atoms with Crippen LogP contribution in [0.15, 0.2) is 18.2 Å². The second-order valence-electron chi connectivity index (χ2n) is 5.00. The van der Waals surface area contributed by atoms with E-state index < -0.39 is 23.8 Å². The minimum atomic E-state index is -0.827. The molecular formula is C14H18Cl2FN3O3. The average molecular weight is 366 g/mol. The SMILES string of the molecule is COCC(N)C(=O)NC1CCN(c2ccc(F)c(Cl)c2)C1=O.Cl. The summed E-state index contributed by atoms with van der Waals surface area (Å²) in [5.41, 5.74) is 6.11. The van der Waals surface area contributed by atoms with Crippen LogP contribution in [0.3, 0.4) is 0 Å². The number of carbonyl (C=O) groups is 2. The van der Waals surface area contributed by atoms with Crippen LogP contribution in [-0.2, 0) is 14.3 Å². The van der Waals surface area contributed by atoms with Crippen LogP contribution in [-0.4, -0.2) is 44.2 Å². The number of anilines is 1. The molecule has 2 unspecified atom stereocenters.